The van der Waals surface area contributed by atoms with E-state index in [9.17, 15) is 13.6 Å². The first kappa shape index (κ1) is 23.7. The summed E-state index contributed by atoms with van der Waals surface area (Å²) in [5.41, 5.74) is 4.00. The Balaban J connectivity index is 2.08. The van der Waals surface area contributed by atoms with Crippen LogP contribution in [0.5, 0.6) is 0 Å². The lowest BCUT2D eigenvalue weighted by Crippen LogP contribution is -2.47. The van der Waals surface area contributed by atoms with Gasteiger partial charge in [0.1, 0.15) is 21.5 Å². The number of nitrogens with zero attached hydrogens (tertiary/aromatic N) is 3. The number of amides is 2. The predicted octanol–water partition coefficient (Wildman–Crippen LogP) is 4.59. The molecule has 170 valence electrons. The van der Waals surface area contributed by atoms with Crippen LogP contribution in [0.1, 0.15) is 24.5 Å². The highest BCUT2D eigenvalue weighted by Gasteiger charge is 2.50. The molecule has 0 aromatic heterocycles. The third kappa shape index (κ3) is 4.93. The number of hydrogen-bond acceptors (Lipinski definition) is 6. The Bertz CT molecular complexity index is 1020. The van der Waals surface area contributed by atoms with Crippen molar-refractivity contribution in [1.29, 1.82) is 0 Å². The van der Waals surface area contributed by atoms with Gasteiger partial charge in [0.15, 0.2) is 0 Å². The zero-order valence-corrected chi connectivity index (χ0v) is 18.8. The second-order valence-electron chi connectivity index (χ2n) is 7.04. The lowest BCUT2D eigenvalue weighted by atomic mass is 10.0. The van der Waals surface area contributed by atoms with Crippen LogP contribution in [0.3, 0.4) is 0 Å². The van der Waals surface area contributed by atoms with E-state index in [0.717, 1.165) is 40.6 Å². The lowest BCUT2D eigenvalue weighted by Gasteiger charge is -2.36. The van der Waals surface area contributed by atoms with Crippen molar-refractivity contribution in [3.63, 3.8) is 0 Å². The third-order valence-corrected chi connectivity index (χ3v) is 6.14. The Morgan fingerprint density at radius 1 is 1.28 bits per heavy atom. The summed E-state index contributed by atoms with van der Waals surface area (Å²) in [4.78, 5) is 22.6. The van der Waals surface area contributed by atoms with Gasteiger partial charge in [-0.3, -0.25) is 15.2 Å². The van der Waals surface area contributed by atoms with E-state index in [1.54, 1.807) is 6.92 Å². The molecule has 0 spiro atoms. The maximum absolute atomic E-state index is 14.6. The number of allylic oxidation sites excluding steroid dienone is 1. The van der Waals surface area contributed by atoms with E-state index in [1.165, 1.54) is 19.2 Å². The second kappa shape index (κ2) is 10.1. The summed E-state index contributed by atoms with van der Waals surface area (Å²) < 4.78 is 28.5. The van der Waals surface area contributed by atoms with E-state index in [1.807, 2.05) is 30.3 Å². The Morgan fingerprint density at radius 3 is 2.66 bits per heavy atom. The van der Waals surface area contributed by atoms with Crippen LogP contribution in [-0.4, -0.2) is 41.9 Å². The first-order valence-electron chi connectivity index (χ1n) is 9.72. The highest BCUT2D eigenvalue weighted by molar-refractivity contribution is 8.15. The summed E-state index contributed by atoms with van der Waals surface area (Å²) in [6.07, 6.45) is 0.273. The summed E-state index contributed by atoms with van der Waals surface area (Å²) in [5.74, 6) is -1.25. The molecule has 1 aliphatic heterocycles. The minimum atomic E-state index is -1.10. The number of nitrogens with one attached hydrogen (secondary N) is 1. The lowest BCUT2D eigenvalue weighted by molar-refractivity contribution is -0.0816. The third-order valence-electron chi connectivity index (χ3n) is 4.70. The van der Waals surface area contributed by atoms with Gasteiger partial charge in [-0.2, -0.15) is 10.1 Å². The molecular formula is C22H24F2N4O3S. The quantitative estimate of drug-likeness (QED) is 0.459. The second-order valence-corrected chi connectivity index (χ2v) is 8.30. The predicted molar refractivity (Wildman–Crippen MR) is 119 cm³/mol. The van der Waals surface area contributed by atoms with Gasteiger partial charge in [0, 0.05) is 24.7 Å². The molecule has 0 fully saturated rings. The van der Waals surface area contributed by atoms with E-state index in [4.69, 9.17) is 9.68 Å². The summed E-state index contributed by atoms with van der Waals surface area (Å²) in [7, 11) is 2.79. The van der Waals surface area contributed by atoms with E-state index in [-0.39, 0.29) is 23.6 Å². The van der Waals surface area contributed by atoms with Crippen LogP contribution in [0, 0.1) is 11.6 Å². The largest absolute Gasteiger partial charge is 0.365 e. The fraction of sp³-hybridized carbons (Fsp3) is 0.273. The maximum Gasteiger partial charge on any atom is 0.365 e. The standard InChI is InChI=1S/C22H24F2N4O3S/c1-15(2)26-31-13-12-22(16-8-6-5-7-9-16)28(21(29)27(3)30-4)25-20(32-22)18-14-17(23)10-11-19(18)24/h5-11,14,26H,1,12-13H2,2-4H3. The zero-order chi connectivity index (χ0) is 23.3. The first-order valence-corrected chi connectivity index (χ1v) is 10.5. The van der Waals surface area contributed by atoms with Crippen molar-refractivity contribution in [2.24, 2.45) is 5.10 Å². The molecule has 1 N–H and O–H groups in total. The van der Waals surface area contributed by atoms with Crippen molar-refractivity contribution in [2.75, 3.05) is 20.8 Å². The number of thioether (sulfide) groups is 1. The Kier molecular flexibility index (Phi) is 7.49. The Labute approximate surface area is 189 Å². The molecule has 7 nitrogen and oxygen atoms in total. The molecule has 0 saturated heterocycles. The molecular weight excluding hydrogens is 438 g/mol. The number of urea groups is 1. The minimum absolute atomic E-state index is 0.0355. The molecule has 2 amide bonds. The number of carbonyl (C=O) groups excluding carboxylic acids is 1. The normalized spacial score (nSPS) is 17.8. The van der Waals surface area contributed by atoms with Crippen molar-refractivity contribution in [2.45, 2.75) is 18.2 Å². The van der Waals surface area contributed by atoms with E-state index < -0.39 is 22.5 Å². The van der Waals surface area contributed by atoms with Crippen LogP contribution >= 0.6 is 11.8 Å². The number of halogens is 2. The highest BCUT2D eigenvalue weighted by Crippen LogP contribution is 2.50. The smallest absolute Gasteiger partial charge is 0.276 e. The first-order chi connectivity index (χ1) is 15.3. The number of rotatable bonds is 8. The van der Waals surface area contributed by atoms with Crippen molar-refractivity contribution >= 4 is 22.8 Å². The van der Waals surface area contributed by atoms with Gasteiger partial charge in [0.05, 0.1) is 13.7 Å². The molecule has 0 radical (unpaired) electrons. The molecule has 0 saturated carbocycles. The van der Waals surface area contributed by atoms with Crippen LogP contribution < -0.4 is 5.48 Å². The van der Waals surface area contributed by atoms with Gasteiger partial charge in [0.25, 0.3) is 0 Å². The number of hydroxylamine groups is 3. The number of hydrogen-bond donors (Lipinski definition) is 1. The molecule has 0 aliphatic carbocycles. The molecule has 0 bridgehead atoms. The number of carbonyl (C=O) groups is 1. The van der Waals surface area contributed by atoms with Gasteiger partial charge in [-0.25, -0.2) is 18.6 Å². The molecule has 1 heterocycles. The molecule has 10 heteroatoms. The molecule has 1 atom stereocenters. The van der Waals surface area contributed by atoms with Crippen LogP contribution in [0.4, 0.5) is 13.6 Å². The van der Waals surface area contributed by atoms with Gasteiger partial charge in [-0.05, 0) is 30.7 Å². The summed E-state index contributed by atoms with van der Waals surface area (Å²) in [6, 6.07) is 11.7. The van der Waals surface area contributed by atoms with E-state index >= 15 is 0 Å². The summed E-state index contributed by atoms with van der Waals surface area (Å²) >= 11 is 1.15. The van der Waals surface area contributed by atoms with Gasteiger partial charge >= 0.3 is 6.03 Å². The Hall–Kier alpha value is -2.95. The summed E-state index contributed by atoms with van der Waals surface area (Å²) in [6.45, 7) is 5.63. The van der Waals surface area contributed by atoms with Crippen LogP contribution in [0.15, 0.2) is 65.9 Å². The van der Waals surface area contributed by atoms with Crippen molar-refractivity contribution in [3.05, 3.63) is 83.6 Å². The van der Waals surface area contributed by atoms with Gasteiger partial charge in [-0.1, -0.05) is 48.7 Å². The fourth-order valence-corrected chi connectivity index (χ4v) is 4.47. The van der Waals surface area contributed by atoms with Gasteiger partial charge in [-0.15, -0.1) is 0 Å². The molecule has 1 unspecified atom stereocenters. The van der Waals surface area contributed by atoms with Gasteiger partial charge in [0.2, 0.25) is 0 Å². The highest BCUT2D eigenvalue weighted by atomic mass is 32.2. The fourth-order valence-electron chi connectivity index (χ4n) is 3.12. The summed E-state index contributed by atoms with van der Waals surface area (Å²) in [5, 5.41) is 6.81. The van der Waals surface area contributed by atoms with Crippen LogP contribution in [0.25, 0.3) is 0 Å². The zero-order valence-electron chi connectivity index (χ0n) is 18.0. The molecule has 2 aromatic carbocycles. The molecule has 32 heavy (non-hydrogen) atoms. The SMILES string of the molecule is C=C(C)NOCCC1(c2ccccc2)SC(c2cc(F)ccc2F)=NN1C(=O)N(C)OC. The van der Waals surface area contributed by atoms with Crippen molar-refractivity contribution in [1.82, 2.24) is 15.6 Å². The van der Waals surface area contributed by atoms with Crippen molar-refractivity contribution in [3.8, 4) is 0 Å². The van der Waals surface area contributed by atoms with Crippen LogP contribution in [0.2, 0.25) is 0 Å². The number of benzene rings is 2. The molecule has 3 rings (SSSR count). The average molecular weight is 463 g/mol. The Morgan fingerprint density at radius 2 is 2.00 bits per heavy atom. The van der Waals surface area contributed by atoms with Gasteiger partial charge < -0.3 is 0 Å². The average Bonchev–Trinajstić information content (AvgIpc) is 3.18. The van der Waals surface area contributed by atoms with E-state index in [0.29, 0.717) is 5.70 Å². The minimum Gasteiger partial charge on any atom is -0.276 e. The number of hydrazone groups is 1. The maximum atomic E-state index is 14.6. The molecule has 2 aromatic rings. The van der Waals surface area contributed by atoms with Crippen LogP contribution in [-0.2, 0) is 14.5 Å². The monoisotopic (exact) mass is 462 g/mol. The molecule has 1 aliphatic rings. The van der Waals surface area contributed by atoms with Crippen molar-refractivity contribution < 1.29 is 23.3 Å². The topological polar surface area (TPSA) is 66.4 Å². The van der Waals surface area contributed by atoms with E-state index in [2.05, 4.69) is 17.2 Å².